The Hall–Kier alpha value is -5.04. The fourth-order valence-electron chi connectivity index (χ4n) is 4.01. The number of anilines is 2. The molecule has 1 aliphatic rings. The SMILES string of the molecule is C=CCOC(=O)NC(CC1C=C(CN(C)C(=O)Cc2ccc(NC(=O)Nc3ccccc3C)c(OC)c2)NO1)C(=O)O. The summed E-state index contributed by atoms with van der Waals surface area (Å²) >= 11 is 0. The number of carbonyl (C=O) groups excluding carboxylic acids is 3. The number of urea groups is 1. The molecule has 0 fully saturated rings. The van der Waals surface area contributed by atoms with Gasteiger partial charge in [-0.2, -0.15) is 0 Å². The van der Waals surface area contributed by atoms with Crippen LogP contribution in [0.25, 0.3) is 0 Å². The van der Waals surface area contributed by atoms with Crippen LogP contribution in [0.15, 0.2) is 66.9 Å². The van der Waals surface area contributed by atoms with Gasteiger partial charge >= 0.3 is 18.1 Å². The van der Waals surface area contributed by atoms with Crippen LogP contribution in [0.1, 0.15) is 17.5 Å². The lowest BCUT2D eigenvalue weighted by Crippen LogP contribution is -2.43. The number of benzene rings is 2. The standard InChI is InChI=1S/C29H35N5O8/c1-5-12-41-29(39)32-24(27(36)37)16-21-15-20(33-42-21)17-34(3)26(35)14-19-10-11-23(25(13-19)40-4)31-28(38)30-22-9-7-6-8-18(22)2/h5-11,13,15,21,24,33H,1,12,14,16-17H2,2-4H3,(H,32,39)(H,36,37)(H2,30,31,38). The number of hydrogen-bond acceptors (Lipinski definition) is 8. The zero-order valence-electron chi connectivity index (χ0n) is 23.6. The highest BCUT2D eigenvalue weighted by molar-refractivity contribution is 6.01. The molecule has 1 aliphatic heterocycles. The minimum absolute atomic E-state index is 0.0520. The Balaban J connectivity index is 1.54. The van der Waals surface area contributed by atoms with Crippen molar-refractivity contribution >= 4 is 35.4 Å². The second kappa shape index (κ2) is 15.1. The number of aryl methyl sites for hydroxylation is 1. The molecule has 224 valence electrons. The van der Waals surface area contributed by atoms with Crippen molar-refractivity contribution in [3.63, 3.8) is 0 Å². The van der Waals surface area contributed by atoms with Gasteiger partial charge in [0.1, 0.15) is 24.5 Å². The van der Waals surface area contributed by atoms with E-state index in [2.05, 4.69) is 28.0 Å². The van der Waals surface area contributed by atoms with Crippen LogP contribution in [0, 0.1) is 6.92 Å². The van der Waals surface area contributed by atoms with Crippen LogP contribution < -0.4 is 26.2 Å². The average Bonchev–Trinajstić information content (AvgIpc) is 3.39. The first-order valence-corrected chi connectivity index (χ1v) is 13.0. The fraction of sp³-hybridized carbons (Fsp3) is 0.310. The number of rotatable bonds is 13. The van der Waals surface area contributed by atoms with Gasteiger partial charge in [0.25, 0.3) is 0 Å². The summed E-state index contributed by atoms with van der Waals surface area (Å²) in [4.78, 5) is 55.6. The number of amides is 4. The van der Waals surface area contributed by atoms with Gasteiger partial charge in [-0.25, -0.2) is 14.4 Å². The van der Waals surface area contributed by atoms with Crippen molar-refractivity contribution in [2.75, 3.05) is 37.9 Å². The number of likely N-dealkylation sites (N-methyl/N-ethyl adjacent to an activating group) is 1. The topological polar surface area (TPSA) is 168 Å². The number of nitrogens with zero attached hydrogens (tertiary/aromatic N) is 1. The third-order valence-electron chi connectivity index (χ3n) is 6.21. The smallest absolute Gasteiger partial charge is 0.408 e. The molecule has 5 N–H and O–H groups in total. The number of carbonyl (C=O) groups is 4. The molecule has 2 atom stereocenters. The summed E-state index contributed by atoms with van der Waals surface area (Å²) in [5.41, 5.74) is 5.99. The number of ether oxygens (including phenoxy) is 2. The van der Waals surface area contributed by atoms with Gasteiger partial charge in [0, 0.05) is 19.2 Å². The zero-order chi connectivity index (χ0) is 30.6. The highest BCUT2D eigenvalue weighted by atomic mass is 16.7. The van der Waals surface area contributed by atoms with E-state index >= 15 is 0 Å². The number of hydrogen-bond donors (Lipinski definition) is 5. The maximum atomic E-state index is 12.9. The Morgan fingerprint density at radius 3 is 2.60 bits per heavy atom. The van der Waals surface area contributed by atoms with E-state index in [1.165, 1.54) is 18.1 Å². The summed E-state index contributed by atoms with van der Waals surface area (Å²) in [5, 5.41) is 17.3. The molecule has 4 amide bonds. The molecule has 1 heterocycles. The van der Waals surface area contributed by atoms with Crippen LogP contribution in [0.3, 0.4) is 0 Å². The number of para-hydroxylation sites is 1. The van der Waals surface area contributed by atoms with Crippen LogP contribution in [0.4, 0.5) is 21.0 Å². The molecule has 3 rings (SSSR count). The lowest BCUT2D eigenvalue weighted by molar-refractivity contribution is -0.140. The zero-order valence-corrected chi connectivity index (χ0v) is 23.6. The van der Waals surface area contributed by atoms with Gasteiger partial charge in [-0.1, -0.05) is 36.9 Å². The molecule has 13 nitrogen and oxygen atoms in total. The molecule has 2 aromatic carbocycles. The van der Waals surface area contributed by atoms with Gasteiger partial charge in [-0.3, -0.25) is 15.1 Å². The molecule has 2 unspecified atom stereocenters. The van der Waals surface area contributed by atoms with Crippen LogP contribution >= 0.6 is 0 Å². The van der Waals surface area contributed by atoms with Crippen molar-refractivity contribution in [1.82, 2.24) is 15.7 Å². The van der Waals surface area contributed by atoms with E-state index in [1.807, 2.05) is 25.1 Å². The number of hydroxylamine groups is 1. The number of carboxylic acid groups (broad SMARTS) is 1. The Kier molecular flexibility index (Phi) is 11.3. The van der Waals surface area contributed by atoms with Crippen molar-refractivity contribution in [2.24, 2.45) is 0 Å². The van der Waals surface area contributed by atoms with Crippen molar-refractivity contribution in [3.8, 4) is 5.75 Å². The average molecular weight is 582 g/mol. The molecule has 0 saturated carbocycles. The summed E-state index contributed by atoms with van der Waals surface area (Å²) < 4.78 is 10.2. The van der Waals surface area contributed by atoms with Crippen molar-refractivity contribution < 1.29 is 38.6 Å². The first kappa shape index (κ1) is 31.5. The second-order valence-corrected chi connectivity index (χ2v) is 9.46. The highest BCUT2D eigenvalue weighted by Gasteiger charge is 2.28. The molecule has 0 saturated heterocycles. The molecule has 13 heteroatoms. The van der Waals surface area contributed by atoms with Crippen LogP contribution in [-0.4, -0.2) is 73.5 Å². The van der Waals surface area contributed by atoms with E-state index in [4.69, 9.17) is 14.3 Å². The first-order chi connectivity index (χ1) is 20.1. The first-order valence-electron chi connectivity index (χ1n) is 13.0. The van der Waals surface area contributed by atoms with E-state index < -0.39 is 30.2 Å². The van der Waals surface area contributed by atoms with E-state index in [1.54, 1.807) is 37.4 Å². The Bertz CT molecular complexity index is 1350. The predicted octanol–water partition coefficient (Wildman–Crippen LogP) is 3.19. The predicted molar refractivity (Wildman–Crippen MR) is 155 cm³/mol. The molecule has 0 aliphatic carbocycles. The fourth-order valence-corrected chi connectivity index (χ4v) is 4.01. The normalized spacial score (nSPS) is 14.5. The summed E-state index contributed by atoms with van der Waals surface area (Å²) in [6, 6.07) is 10.8. The summed E-state index contributed by atoms with van der Waals surface area (Å²) in [6.45, 7) is 5.44. The number of carboxylic acids is 1. The second-order valence-electron chi connectivity index (χ2n) is 9.46. The number of aliphatic carboxylic acids is 1. The molecular formula is C29H35N5O8. The largest absolute Gasteiger partial charge is 0.495 e. The molecule has 0 radical (unpaired) electrons. The Morgan fingerprint density at radius 1 is 1.17 bits per heavy atom. The third kappa shape index (κ3) is 9.27. The van der Waals surface area contributed by atoms with Crippen molar-refractivity contribution in [3.05, 3.63) is 78.0 Å². The quantitative estimate of drug-likeness (QED) is 0.223. The van der Waals surface area contributed by atoms with Gasteiger partial charge < -0.3 is 35.4 Å². The maximum absolute atomic E-state index is 12.9. The van der Waals surface area contributed by atoms with Gasteiger partial charge in [-0.05, 0) is 42.3 Å². The minimum Gasteiger partial charge on any atom is -0.495 e. The number of methoxy groups -OCH3 is 1. The Labute approximate surface area is 243 Å². The highest BCUT2D eigenvalue weighted by Crippen LogP contribution is 2.26. The van der Waals surface area contributed by atoms with E-state index in [0.29, 0.717) is 28.4 Å². The third-order valence-corrected chi connectivity index (χ3v) is 6.21. The van der Waals surface area contributed by atoms with Crippen LogP contribution in [0.2, 0.25) is 0 Å². The van der Waals surface area contributed by atoms with E-state index in [0.717, 1.165) is 5.56 Å². The van der Waals surface area contributed by atoms with Gasteiger partial charge in [-0.15, -0.1) is 0 Å². The molecule has 2 aromatic rings. The maximum Gasteiger partial charge on any atom is 0.408 e. The lowest BCUT2D eigenvalue weighted by atomic mass is 10.1. The molecule has 0 spiro atoms. The monoisotopic (exact) mass is 581 g/mol. The minimum atomic E-state index is -1.25. The molecular weight excluding hydrogens is 546 g/mol. The van der Waals surface area contributed by atoms with Gasteiger partial charge in [0.2, 0.25) is 5.91 Å². The van der Waals surface area contributed by atoms with Crippen molar-refractivity contribution in [2.45, 2.75) is 31.9 Å². The van der Waals surface area contributed by atoms with Crippen LogP contribution in [-0.2, 0) is 25.6 Å². The van der Waals surface area contributed by atoms with E-state index in [-0.39, 0.29) is 31.9 Å². The number of alkyl carbamates (subject to hydrolysis) is 1. The summed E-state index contributed by atoms with van der Waals surface area (Å²) in [5.74, 6) is -1.04. The van der Waals surface area contributed by atoms with Gasteiger partial charge in [0.15, 0.2) is 0 Å². The van der Waals surface area contributed by atoms with Crippen LogP contribution in [0.5, 0.6) is 5.75 Å². The Morgan fingerprint density at radius 2 is 1.90 bits per heavy atom. The lowest BCUT2D eigenvalue weighted by Gasteiger charge is -2.18. The number of nitrogens with one attached hydrogen (secondary N) is 4. The molecule has 0 bridgehead atoms. The van der Waals surface area contributed by atoms with E-state index in [9.17, 15) is 24.3 Å². The summed E-state index contributed by atoms with van der Waals surface area (Å²) in [7, 11) is 3.10. The van der Waals surface area contributed by atoms with Crippen molar-refractivity contribution in [1.29, 1.82) is 0 Å². The van der Waals surface area contributed by atoms with Gasteiger partial charge in [0.05, 0.1) is 31.5 Å². The molecule has 0 aromatic heterocycles. The molecule has 42 heavy (non-hydrogen) atoms. The summed E-state index contributed by atoms with van der Waals surface area (Å²) in [6.07, 6.45) is 1.49.